The fourth-order valence-electron chi connectivity index (χ4n) is 2.32. The van der Waals surface area contributed by atoms with Gasteiger partial charge in [-0.1, -0.05) is 30.0 Å². The number of carbonyl (C=O) groups excluding carboxylic acids is 1. The molecule has 0 bridgehead atoms. The van der Waals surface area contributed by atoms with Crippen LogP contribution in [-0.2, 0) is 14.9 Å². The molecule has 0 saturated carbocycles. The number of thioether (sulfide) groups is 1. The predicted octanol–water partition coefficient (Wildman–Crippen LogP) is 2.96. The molecule has 0 spiro atoms. The minimum atomic E-state index is -4.06. The van der Waals surface area contributed by atoms with E-state index in [9.17, 15) is 13.2 Å². The van der Waals surface area contributed by atoms with Crippen LogP contribution in [0.4, 0.5) is 0 Å². The quantitative estimate of drug-likeness (QED) is 0.419. The average Bonchev–Trinajstić information content (AvgIpc) is 2.99. The molecular formula is C18H15NO6S3. The zero-order valence-corrected chi connectivity index (χ0v) is 17.2. The molecule has 146 valence electrons. The van der Waals surface area contributed by atoms with Crippen molar-refractivity contribution in [2.45, 2.75) is 4.90 Å². The Morgan fingerprint density at radius 2 is 1.75 bits per heavy atom. The van der Waals surface area contributed by atoms with Crippen LogP contribution >= 0.6 is 24.0 Å². The lowest BCUT2D eigenvalue weighted by Crippen LogP contribution is -2.17. The van der Waals surface area contributed by atoms with Crippen LogP contribution < -0.4 is 19.0 Å². The summed E-state index contributed by atoms with van der Waals surface area (Å²) < 4.78 is 40.9. The number of hydrogen-bond acceptors (Lipinski definition) is 8. The molecule has 10 heteroatoms. The third kappa shape index (κ3) is 4.46. The molecule has 3 rings (SSSR count). The molecule has 0 aliphatic carbocycles. The van der Waals surface area contributed by atoms with Crippen LogP contribution in [0, 0.1) is 0 Å². The van der Waals surface area contributed by atoms with Gasteiger partial charge in [-0.3, -0.25) is 4.79 Å². The van der Waals surface area contributed by atoms with E-state index in [1.807, 2.05) is 0 Å². The van der Waals surface area contributed by atoms with E-state index in [4.69, 9.17) is 25.9 Å². The SMILES string of the molecule is COc1ccc(S(=O)(=O)Oc2ccc(C=C3SC(=S)NC3=O)cc2OC)cc1. The molecular weight excluding hydrogens is 422 g/mol. The molecule has 1 amide bonds. The van der Waals surface area contributed by atoms with Crippen molar-refractivity contribution in [3.63, 3.8) is 0 Å². The third-order valence-electron chi connectivity index (χ3n) is 3.68. The molecule has 1 aliphatic rings. The van der Waals surface area contributed by atoms with Gasteiger partial charge in [-0.15, -0.1) is 0 Å². The summed E-state index contributed by atoms with van der Waals surface area (Å²) in [7, 11) is -1.18. The minimum absolute atomic E-state index is 0.0194. The highest BCUT2D eigenvalue weighted by molar-refractivity contribution is 8.26. The number of carbonyl (C=O) groups is 1. The molecule has 0 aromatic heterocycles. The van der Waals surface area contributed by atoms with Gasteiger partial charge in [-0.2, -0.15) is 8.42 Å². The van der Waals surface area contributed by atoms with Crippen molar-refractivity contribution in [2.75, 3.05) is 14.2 Å². The Morgan fingerprint density at radius 1 is 1.04 bits per heavy atom. The van der Waals surface area contributed by atoms with Crippen molar-refractivity contribution >= 4 is 50.4 Å². The first-order valence-corrected chi connectivity index (χ1v) is 10.5. The van der Waals surface area contributed by atoms with Crippen LogP contribution in [0.2, 0.25) is 0 Å². The number of ether oxygens (including phenoxy) is 2. The number of amides is 1. The van der Waals surface area contributed by atoms with Gasteiger partial charge in [0.05, 0.1) is 19.1 Å². The zero-order valence-electron chi connectivity index (χ0n) is 14.8. The third-order valence-corrected chi connectivity index (χ3v) is 6.09. The maximum atomic E-state index is 12.5. The Balaban J connectivity index is 1.87. The Kier molecular flexibility index (Phi) is 5.92. The van der Waals surface area contributed by atoms with Gasteiger partial charge in [0.15, 0.2) is 11.5 Å². The topological polar surface area (TPSA) is 90.9 Å². The van der Waals surface area contributed by atoms with Gasteiger partial charge >= 0.3 is 10.1 Å². The number of rotatable bonds is 6. The molecule has 0 atom stereocenters. The molecule has 1 fully saturated rings. The lowest BCUT2D eigenvalue weighted by Gasteiger charge is -2.12. The van der Waals surface area contributed by atoms with Crippen LogP contribution in [0.15, 0.2) is 52.3 Å². The molecule has 1 saturated heterocycles. The van der Waals surface area contributed by atoms with E-state index < -0.39 is 10.1 Å². The number of nitrogens with one attached hydrogen (secondary N) is 1. The first kappa shape index (κ1) is 20.2. The molecule has 7 nitrogen and oxygen atoms in total. The highest BCUT2D eigenvalue weighted by atomic mass is 32.2. The summed E-state index contributed by atoms with van der Waals surface area (Å²) in [5.41, 5.74) is 0.633. The molecule has 28 heavy (non-hydrogen) atoms. The van der Waals surface area contributed by atoms with Gasteiger partial charge in [0.2, 0.25) is 0 Å². The average molecular weight is 438 g/mol. The van der Waals surface area contributed by atoms with Gasteiger partial charge < -0.3 is 19.0 Å². The monoisotopic (exact) mass is 437 g/mol. The highest BCUT2D eigenvalue weighted by Gasteiger charge is 2.23. The molecule has 1 heterocycles. The van der Waals surface area contributed by atoms with Crippen molar-refractivity contribution in [3.8, 4) is 17.2 Å². The Morgan fingerprint density at radius 3 is 2.32 bits per heavy atom. The van der Waals surface area contributed by atoms with Gasteiger partial charge in [-0.25, -0.2) is 0 Å². The lowest BCUT2D eigenvalue weighted by molar-refractivity contribution is -0.115. The molecule has 0 unspecified atom stereocenters. The highest BCUT2D eigenvalue weighted by Crippen LogP contribution is 2.33. The maximum Gasteiger partial charge on any atom is 0.339 e. The fourth-order valence-corrected chi connectivity index (χ4v) is 4.31. The van der Waals surface area contributed by atoms with Gasteiger partial charge in [-0.05, 0) is 48.0 Å². The lowest BCUT2D eigenvalue weighted by atomic mass is 10.2. The normalized spacial score (nSPS) is 15.4. The second-order valence-electron chi connectivity index (χ2n) is 5.48. The number of benzene rings is 2. The number of methoxy groups -OCH3 is 2. The predicted molar refractivity (Wildman–Crippen MR) is 110 cm³/mol. The van der Waals surface area contributed by atoms with Crippen molar-refractivity contribution in [1.82, 2.24) is 5.32 Å². The van der Waals surface area contributed by atoms with E-state index in [-0.39, 0.29) is 22.3 Å². The Labute approximate surface area is 171 Å². The first-order valence-electron chi connectivity index (χ1n) is 7.84. The summed E-state index contributed by atoms with van der Waals surface area (Å²) in [4.78, 5) is 12.2. The van der Waals surface area contributed by atoms with Crippen LogP contribution in [0.1, 0.15) is 5.56 Å². The Hall–Kier alpha value is -2.56. The zero-order chi connectivity index (χ0) is 20.3. The molecule has 2 aromatic carbocycles. The standard InChI is InChI=1S/C18H15NO6S3/c1-23-12-4-6-13(7-5-12)28(21,22)25-14-8-3-11(9-15(14)24-2)10-16-17(20)19-18(26)27-16/h3-10H,1-2H3,(H,19,20,26). The largest absolute Gasteiger partial charge is 0.497 e. The summed E-state index contributed by atoms with van der Waals surface area (Å²) in [5.74, 6) is 0.482. The fraction of sp³-hybridized carbons (Fsp3) is 0.111. The van der Waals surface area contributed by atoms with Crippen LogP contribution in [0.25, 0.3) is 6.08 Å². The molecule has 2 aromatic rings. The summed E-state index contributed by atoms with van der Waals surface area (Å²) in [6.45, 7) is 0. The minimum Gasteiger partial charge on any atom is -0.497 e. The molecule has 1 aliphatic heterocycles. The van der Waals surface area contributed by atoms with Gasteiger partial charge in [0.25, 0.3) is 5.91 Å². The molecule has 0 radical (unpaired) electrons. The van der Waals surface area contributed by atoms with E-state index in [1.54, 1.807) is 18.2 Å². The van der Waals surface area contributed by atoms with E-state index >= 15 is 0 Å². The second kappa shape index (κ2) is 8.21. The summed E-state index contributed by atoms with van der Waals surface area (Å²) >= 11 is 6.10. The van der Waals surface area contributed by atoms with Crippen molar-refractivity contribution < 1.29 is 26.9 Å². The summed E-state index contributed by atoms with van der Waals surface area (Å²) in [6.07, 6.45) is 1.63. The van der Waals surface area contributed by atoms with Crippen LogP contribution in [0.3, 0.4) is 0 Å². The first-order chi connectivity index (χ1) is 13.3. The summed E-state index contributed by atoms with van der Waals surface area (Å²) in [5, 5.41) is 2.53. The maximum absolute atomic E-state index is 12.5. The van der Waals surface area contributed by atoms with E-state index in [2.05, 4.69) is 5.32 Å². The van der Waals surface area contributed by atoms with Crippen molar-refractivity contribution in [1.29, 1.82) is 0 Å². The van der Waals surface area contributed by atoms with E-state index in [1.165, 1.54) is 44.6 Å². The van der Waals surface area contributed by atoms with Gasteiger partial charge in [0, 0.05) is 0 Å². The van der Waals surface area contributed by atoms with E-state index in [0.717, 1.165) is 11.8 Å². The summed E-state index contributed by atoms with van der Waals surface area (Å²) in [6, 6.07) is 10.5. The second-order valence-corrected chi connectivity index (χ2v) is 8.74. The van der Waals surface area contributed by atoms with Crippen molar-refractivity contribution in [2.24, 2.45) is 0 Å². The van der Waals surface area contributed by atoms with E-state index in [0.29, 0.717) is 20.5 Å². The number of hydrogen-bond donors (Lipinski definition) is 1. The molecule has 1 N–H and O–H groups in total. The van der Waals surface area contributed by atoms with Gasteiger partial charge in [0.1, 0.15) is 15.0 Å². The van der Waals surface area contributed by atoms with Crippen molar-refractivity contribution in [3.05, 3.63) is 52.9 Å². The van der Waals surface area contributed by atoms with Crippen LogP contribution in [-0.4, -0.2) is 32.9 Å². The number of thiocarbonyl (C=S) groups is 1. The smallest absolute Gasteiger partial charge is 0.339 e. The Bertz CT molecular complexity index is 1060. The van der Waals surface area contributed by atoms with Crippen LogP contribution in [0.5, 0.6) is 17.2 Å².